The molecule has 3 aromatic carbocycles. The van der Waals surface area contributed by atoms with Crippen LogP contribution in [0.5, 0.6) is 5.75 Å². The molecule has 7 heteroatoms. The molecule has 0 bridgehead atoms. The van der Waals surface area contributed by atoms with Crippen molar-refractivity contribution in [3.05, 3.63) is 95.6 Å². The number of thioether (sulfide) groups is 1. The molecule has 170 valence electrons. The Labute approximate surface area is 197 Å². The summed E-state index contributed by atoms with van der Waals surface area (Å²) < 4.78 is 11.4. The van der Waals surface area contributed by atoms with Gasteiger partial charge in [-0.1, -0.05) is 60.7 Å². The summed E-state index contributed by atoms with van der Waals surface area (Å²) in [6.45, 7) is 1.41. The van der Waals surface area contributed by atoms with E-state index < -0.39 is 12.1 Å². The van der Waals surface area contributed by atoms with Gasteiger partial charge in [0.25, 0.3) is 0 Å². The van der Waals surface area contributed by atoms with Crippen molar-refractivity contribution in [3.8, 4) is 5.75 Å². The standard InChI is InChI=1S/C26H26N2O4S/c1-31-25(29)22-18-21(27-26(30)28-14-16-33-17-15-28)12-13-23(22)32-24(19-8-4-2-5-9-19)20-10-6-3-7-11-20/h2-13,18,24H,14-17H2,1H3,(H,27,30). The second-order valence-electron chi connectivity index (χ2n) is 7.55. The van der Waals surface area contributed by atoms with Crippen LogP contribution in [-0.4, -0.2) is 48.6 Å². The molecule has 2 amide bonds. The van der Waals surface area contributed by atoms with Crippen LogP contribution in [0, 0.1) is 0 Å². The molecular formula is C26H26N2O4S. The number of carbonyl (C=O) groups is 2. The lowest BCUT2D eigenvalue weighted by Crippen LogP contribution is -2.40. The van der Waals surface area contributed by atoms with Crippen LogP contribution in [-0.2, 0) is 4.74 Å². The number of hydrogen-bond donors (Lipinski definition) is 1. The van der Waals surface area contributed by atoms with Crippen molar-refractivity contribution in [3.63, 3.8) is 0 Å². The summed E-state index contributed by atoms with van der Waals surface area (Å²) in [5.41, 5.74) is 2.68. The van der Waals surface area contributed by atoms with Gasteiger partial charge in [-0.2, -0.15) is 11.8 Å². The molecule has 33 heavy (non-hydrogen) atoms. The van der Waals surface area contributed by atoms with Crippen LogP contribution in [0.1, 0.15) is 27.6 Å². The van der Waals surface area contributed by atoms with E-state index in [1.807, 2.05) is 72.4 Å². The number of urea groups is 1. The quantitative estimate of drug-likeness (QED) is 0.509. The summed E-state index contributed by atoms with van der Waals surface area (Å²) in [4.78, 5) is 27.0. The molecule has 1 saturated heterocycles. The highest BCUT2D eigenvalue weighted by molar-refractivity contribution is 7.99. The Balaban J connectivity index is 1.63. The second-order valence-corrected chi connectivity index (χ2v) is 8.78. The number of nitrogens with zero attached hydrogens (tertiary/aromatic N) is 1. The number of rotatable bonds is 6. The van der Waals surface area contributed by atoms with Gasteiger partial charge < -0.3 is 19.7 Å². The average Bonchev–Trinajstić information content (AvgIpc) is 2.89. The van der Waals surface area contributed by atoms with Gasteiger partial charge in [0.1, 0.15) is 17.4 Å². The normalized spacial score (nSPS) is 13.5. The van der Waals surface area contributed by atoms with Crippen molar-refractivity contribution < 1.29 is 19.1 Å². The Morgan fingerprint density at radius 3 is 2.09 bits per heavy atom. The Morgan fingerprint density at radius 2 is 1.52 bits per heavy atom. The minimum Gasteiger partial charge on any atom is -0.480 e. The molecular weight excluding hydrogens is 436 g/mol. The van der Waals surface area contributed by atoms with Gasteiger partial charge in [-0.15, -0.1) is 0 Å². The third-order valence-corrected chi connectivity index (χ3v) is 6.33. The molecule has 1 aliphatic heterocycles. The van der Waals surface area contributed by atoms with Crippen molar-refractivity contribution in [2.75, 3.05) is 37.0 Å². The van der Waals surface area contributed by atoms with E-state index >= 15 is 0 Å². The van der Waals surface area contributed by atoms with Crippen LogP contribution in [0.25, 0.3) is 0 Å². The number of nitrogens with one attached hydrogen (secondary N) is 1. The molecule has 1 aliphatic rings. The Hall–Kier alpha value is -3.45. The van der Waals surface area contributed by atoms with Gasteiger partial charge in [-0.3, -0.25) is 0 Å². The first kappa shape index (κ1) is 22.7. The average molecular weight is 463 g/mol. The summed E-state index contributed by atoms with van der Waals surface area (Å²) in [6.07, 6.45) is -0.415. The minimum atomic E-state index is -0.532. The highest BCUT2D eigenvalue weighted by Gasteiger charge is 2.22. The van der Waals surface area contributed by atoms with Crippen LogP contribution in [0.3, 0.4) is 0 Å². The first-order valence-electron chi connectivity index (χ1n) is 10.8. The van der Waals surface area contributed by atoms with Crippen LogP contribution in [0.15, 0.2) is 78.9 Å². The highest BCUT2D eigenvalue weighted by atomic mass is 32.2. The van der Waals surface area contributed by atoms with E-state index in [4.69, 9.17) is 9.47 Å². The van der Waals surface area contributed by atoms with E-state index in [-0.39, 0.29) is 11.6 Å². The number of hydrogen-bond acceptors (Lipinski definition) is 5. The maximum Gasteiger partial charge on any atom is 0.341 e. The zero-order valence-corrected chi connectivity index (χ0v) is 19.2. The Bertz CT molecular complexity index is 1050. The SMILES string of the molecule is COC(=O)c1cc(NC(=O)N2CCSCC2)ccc1OC(c1ccccc1)c1ccccc1. The first-order chi connectivity index (χ1) is 16.2. The van der Waals surface area contributed by atoms with E-state index in [9.17, 15) is 9.59 Å². The van der Waals surface area contributed by atoms with Crippen LogP contribution in [0.2, 0.25) is 0 Å². The molecule has 0 atom stereocenters. The lowest BCUT2D eigenvalue weighted by molar-refractivity contribution is 0.0594. The summed E-state index contributed by atoms with van der Waals surface area (Å²) in [5.74, 6) is 1.70. The zero-order chi connectivity index (χ0) is 23.0. The maximum absolute atomic E-state index is 12.6. The van der Waals surface area contributed by atoms with E-state index in [0.717, 1.165) is 22.6 Å². The molecule has 0 radical (unpaired) electrons. The molecule has 1 N–H and O–H groups in total. The van der Waals surface area contributed by atoms with E-state index in [0.29, 0.717) is 24.5 Å². The lowest BCUT2D eigenvalue weighted by Gasteiger charge is -2.26. The molecule has 4 rings (SSSR count). The first-order valence-corrected chi connectivity index (χ1v) is 11.9. The van der Waals surface area contributed by atoms with Crippen LogP contribution < -0.4 is 10.1 Å². The smallest absolute Gasteiger partial charge is 0.341 e. The van der Waals surface area contributed by atoms with Gasteiger partial charge in [0, 0.05) is 30.3 Å². The van der Waals surface area contributed by atoms with E-state index in [1.165, 1.54) is 7.11 Å². The van der Waals surface area contributed by atoms with Gasteiger partial charge in [0.2, 0.25) is 0 Å². The molecule has 1 fully saturated rings. The van der Waals surface area contributed by atoms with Crippen molar-refractivity contribution in [1.82, 2.24) is 4.90 Å². The summed E-state index contributed by atoms with van der Waals surface area (Å²) in [6, 6.07) is 24.5. The number of carbonyl (C=O) groups excluding carboxylic acids is 2. The molecule has 0 spiro atoms. The number of anilines is 1. The lowest BCUT2D eigenvalue weighted by atomic mass is 10.0. The van der Waals surface area contributed by atoms with Crippen LogP contribution >= 0.6 is 11.8 Å². The van der Waals surface area contributed by atoms with Crippen molar-refractivity contribution >= 4 is 29.4 Å². The molecule has 0 unspecified atom stereocenters. The number of methoxy groups -OCH3 is 1. The third-order valence-electron chi connectivity index (χ3n) is 5.38. The predicted octanol–water partition coefficient (Wildman–Crippen LogP) is 5.22. The second kappa shape index (κ2) is 10.9. The van der Waals surface area contributed by atoms with E-state index in [1.54, 1.807) is 23.1 Å². The fourth-order valence-corrected chi connectivity index (χ4v) is 4.56. The molecule has 6 nitrogen and oxygen atoms in total. The maximum atomic E-state index is 12.6. The van der Waals surface area contributed by atoms with Crippen molar-refractivity contribution in [2.45, 2.75) is 6.10 Å². The summed E-state index contributed by atoms with van der Waals surface area (Å²) in [7, 11) is 1.33. The molecule has 0 saturated carbocycles. The Kier molecular flexibility index (Phi) is 7.52. The summed E-state index contributed by atoms with van der Waals surface area (Å²) >= 11 is 1.84. The van der Waals surface area contributed by atoms with Crippen molar-refractivity contribution in [1.29, 1.82) is 0 Å². The minimum absolute atomic E-state index is 0.175. The fraction of sp³-hybridized carbons (Fsp3) is 0.231. The third kappa shape index (κ3) is 5.68. The predicted molar refractivity (Wildman–Crippen MR) is 131 cm³/mol. The fourth-order valence-electron chi connectivity index (χ4n) is 3.66. The van der Waals surface area contributed by atoms with Gasteiger partial charge in [0.15, 0.2) is 0 Å². The largest absolute Gasteiger partial charge is 0.480 e. The van der Waals surface area contributed by atoms with Gasteiger partial charge in [-0.25, -0.2) is 9.59 Å². The van der Waals surface area contributed by atoms with Crippen LogP contribution in [0.4, 0.5) is 10.5 Å². The topological polar surface area (TPSA) is 67.9 Å². The van der Waals surface area contributed by atoms with E-state index in [2.05, 4.69) is 5.32 Å². The number of ether oxygens (including phenoxy) is 2. The number of benzene rings is 3. The number of esters is 1. The van der Waals surface area contributed by atoms with Gasteiger partial charge in [0.05, 0.1) is 7.11 Å². The molecule has 3 aromatic rings. The van der Waals surface area contributed by atoms with Crippen molar-refractivity contribution in [2.24, 2.45) is 0 Å². The molecule has 0 aromatic heterocycles. The molecule has 0 aliphatic carbocycles. The monoisotopic (exact) mass is 462 g/mol. The zero-order valence-electron chi connectivity index (χ0n) is 18.4. The Morgan fingerprint density at radius 1 is 0.909 bits per heavy atom. The highest BCUT2D eigenvalue weighted by Crippen LogP contribution is 2.32. The molecule has 1 heterocycles. The number of amides is 2. The van der Waals surface area contributed by atoms with Gasteiger partial charge in [-0.05, 0) is 29.3 Å². The van der Waals surface area contributed by atoms with Gasteiger partial charge >= 0.3 is 12.0 Å². The summed E-state index contributed by atoms with van der Waals surface area (Å²) in [5, 5.41) is 2.89.